The van der Waals surface area contributed by atoms with E-state index in [0.29, 0.717) is 10.7 Å². The molecule has 0 unspecified atom stereocenters. The zero-order valence-corrected chi connectivity index (χ0v) is 7.73. The second-order valence-corrected chi connectivity index (χ2v) is 3.22. The van der Waals surface area contributed by atoms with Crippen molar-refractivity contribution in [1.82, 2.24) is 9.97 Å². The van der Waals surface area contributed by atoms with Crippen LogP contribution >= 0.6 is 11.6 Å². The Bertz CT molecular complexity index is 518. The second-order valence-electron chi connectivity index (χ2n) is 2.78. The first-order valence-electron chi connectivity index (χ1n) is 3.90. The lowest BCUT2D eigenvalue weighted by atomic mass is 10.1. The van der Waals surface area contributed by atoms with Gasteiger partial charge < -0.3 is 9.97 Å². The number of rotatable bonds is 1. The fraction of sp³-hybridized carbons (Fsp3) is 0. The number of imidazole rings is 1. The molecule has 0 bridgehead atoms. The van der Waals surface area contributed by atoms with Crippen molar-refractivity contribution in [2.75, 3.05) is 0 Å². The number of halogens is 2. The van der Waals surface area contributed by atoms with E-state index < -0.39 is 5.82 Å². The average molecular weight is 213 g/mol. The highest BCUT2D eigenvalue weighted by Crippen LogP contribution is 2.23. The maximum atomic E-state index is 13.3. The van der Waals surface area contributed by atoms with Gasteiger partial charge in [0.1, 0.15) is 5.82 Å². The molecule has 0 saturated heterocycles. The number of aromatic amines is 2. The molecule has 3 nitrogen and oxygen atoms in total. The first kappa shape index (κ1) is 9.02. The Morgan fingerprint density at radius 3 is 2.79 bits per heavy atom. The van der Waals surface area contributed by atoms with E-state index in [-0.39, 0.29) is 11.3 Å². The van der Waals surface area contributed by atoms with Gasteiger partial charge in [0, 0.05) is 16.8 Å². The molecular formula is C9H6ClFN2O. The summed E-state index contributed by atoms with van der Waals surface area (Å²) in [6.45, 7) is 0. The zero-order valence-electron chi connectivity index (χ0n) is 6.97. The van der Waals surface area contributed by atoms with Crippen LogP contribution in [0.5, 0.6) is 0 Å². The van der Waals surface area contributed by atoms with Crippen molar-refractivity contribution in [3.63, 3.8) is 0 Å². The van der Waals surface area contributed by atoms with Crippen molar-refractivity contribution in [3.05, 3.63) is 45.7 Å². The molecule has 2 N–H and O–H groups in total. The topological polar surface area (TPSA) is 48.6 Å². The quantitative estimate of drug-likeness (QED) is 0.748. The predicted octanol–water partition coefficient (Wildman–Crippen LogP) is 2.16. The molecule has 2 aromatic rings. The molecule has 0 fully saturated rings. The highest BCUT2D eigenvalue weighted by atomic mass is 35.5. The van der Waals surface area contributed by atoms with Gasteiger partial charge in [0.2, 0.25) is 0 Å². The van der Waals surface area contributed by atoms with E-state index in [9.17, 15) is 9.18 Å². The second kappa shape index (κ2) is 3.31. The van der Waals surface area contributed by atoms with Gasteiger partial charge in [0.25, 0.3) is 0 Å². The van der Waals surface area contributed by atoms with Crippen molar-refractivity contribution < 1.29 is 4.39 Å². The zero-order chi connectivity index (χ0) is 10.1. The van der Waals surface area contributed by atoms with Crippen LogP contribution in [0, 0.1) is 5.82 Å². The van der Waals surface area contributed by atoms with Gasteiger partial charge in [-0.05, 0) is 18.2 Å². The highest BCUT2D eigenvalue weighted by Gasteiger charge is 2.07. The Kier molecular flexibility index (Phi) is 2.13. The standard InChI is InChI=1S/C9H6ClFN2O/c10-5-1-2-7(11)6(3-5)8-4-12-9(14)13-8/h1-4H,(H2,12,13,14). The first-order chi connectivity index (χ1) is 6.66. The lowest BCUT2D eigenvalue weighted by molar-refractivity contribution is 0.631. The van der Waals surface area contributed by atoms with Crippen molar-refractivity contribution in [1.29, 1.82) is 0 Å². The molecule has 5 heteroatoms. The van der Waals surface area contributed by atoms with Gasteiger partial charge >= 0.3 is 5.69 Å². The molecule has 72 valence electrons. The minimum absolute atomic E-state index is 0.274. The van der Waals surface area contributed by atoms with E-state index in [1.54, 1.807) is 0 Å². The SMILES string of the molecule is O=c1[nH]cc(-c2cc(Cl)ccc2F)[nH]1. The van der Waals surface area contributed by atoms with Gasteiger partial charge in [-0.3, -0.25) is 0 Å². The Morgan fingerprint density at radius 2 is 2.14 bits per heavy atom. The van der Waals surface area contributed by atoms with Gasteiger partial charge in [-0.25, -0.2) is 9.18 Å². The van der Waals surface area contributed by atoms with Gasteiger partial charge in [0.05, 0.1) is 5.69 Å². The number of hydrogen-bond donors (Lipinski definition) is 2. The van der Waals surface area contributed by atoms with Crippen LogP contribution in [0.2, 0.25) is 5.02 Å². The lowest BCUT2D eigenvalue weighted by Crippen LogP contribution is -2.00. The third kappa shape index (κ3) is 1.56. The third-order valence-electron chi connectivity index (χ3n) is 1.81. The fourth-order valence-electron chi connectivity index (χ4n) is 1.18. The minimum Gasteiger partial charge on any atom is -0.312 e. The van der Waals surface area contributed by atoms with E-state index >= 15 is 0 Å². The van der Waals surface area contributed by atoms with Gasteiger partial charge in [-0.2, -0.15) is 0 Å². The van der Waals surface area contributed by atoms with Gasteiger partial charge in [0.15, 0.2) is 0 Å². The maximum Gasteiger partial charge on any atom is 0.323 e. The van der Waals surface area contributed by atoms with E-state index in [1.807, 2.05) is 0 Å². The van der Waals surface area contributed by atoms with E-state index in [4.69, 9.17) is 11.6 Å². The fourth-order valence-corrected chi connectivity index (χ4v) is 1.35. The van der Waals surface area contributed by atoms with Gasteiger partial charge in [-0.1, -0.05) is 11.6 Å². The molecule has 0 saturated carbocycles. The lowest BCUT2D eigenvalue weighted by Gasteiger charge is -1.99. The van der Waals surface area contributed by atoms with Crippen molar-refractivity contribution in [3.8, 4) is 11.3 Å². The largest absolute Gasteiger partial charge is 0.323 e. The van der Waals surface area contributed by atoms with E-state index in [2.05, 4.69) is 9.97 Å². The molecule has 0 spiro atoms. The molecule has 0 aliphatic carbocycles. The maximum absolute atomic E-state index is 13.3. The first-order valence-corrected chi connectivity index (χ1v) is 4.28. The summed E-state index contributed by atoms with van der Waals surface area (Å²) in [7, 11) is 0. The smallest absolute Gasteiger partial charge is 0.312 e. The number of hydrogen-bond acceptors (Lipinski definition) is 1. The number of aromatic nitrogens is 2. The Hall–Kier alpha value is -1.55. The van der Waals surface area contributed by atoms with Crippen LogP contribution in [-0.2, 0) is 0 Å². The number of nitrogens with one attached hydrogen (secondary N) is 2. The van der Waals surface area contributed by atoms with Crippen LogP contribution in [0.15, 0.2) is 29.2 Å². The molecular weight excluding hydrogens is 207 g/mol. The Labute approximate surface area is 83.5 Å². The molecule has 1 heterocycles. The van der Waals surface area contributed by atoms with Crippen LogP contribution in [-0.4, -0.2) is 9.97 Å². The molecule has 1 aromatic carbocycles. The highest BCUT2D eigenvalue weighted by molar-refractivity contribution is 6.30. The van der Waals surface area contributed by atoms with Crippen molar-refractivity contribution in [2.24, 2.45) is 0 Å². The Morgan fingerprint density at radius 1 is 1.36 bits per heavy atom. The molecule has 1 aromatic heterocycles. The van der Waals surface area contributed by atoms with Crippen molar-refractivity contribution >= 4 is 11.6 Å². The van der Waals surface area contributed by atoms with Crippen LogP contribution in [0.4, 0.5) is 4.39 Å². The van der Waals surface area contributed by atoms with Crippen LogP contribution in [0.3, 0.4) is 0 Å². The molecule has 0 radical (unpaired) electrons. The molecule has 2 rings (SSSR count). The summed E-state index contributed by atoms with van der Waals surface area (Å²) in [6.07, 6.45) is 1.40. The van der Waals surface area contributed by atoms with Crippen molar-refractivity contribution in [2.45, 2.75) is 0 Å². The van der Waals surface area contributed by atoms with Crippen LogP contribution in [0.1, 0.15) is 0 Å². The van der Waals surface area contributed by atoms with Gasteiger partial charge in [-0.15, -0.1) is 0 Å². The molecule has 0 atom stereocenters. The minimum atomic E-state index is -0.426. The summed E-state index contributed by atoms with van der Waals surface area (Å²) >= 11 is 5.70. The summed E-state index contributed by atoms with van der Waals surface area (Å²) in [5.74, 6) is -0.426. The summed E-state index contributed by atoms with van der Waals surface area (Å²) in [4.78, 5) is 15.6. The summed E-state index contributed by atoms with van der Waals surface area (Å²) < 4.78 is 13.3. The molecule has 0 aliphatic heterocycles. The monoisotopic (exact) mass is 212 g/mol. The summed E-state index contributed by atoms with van der Waals surface area (Å²) in [5, 5.41) is 0.420. The van der Waals surface area contributed by atoms with E-state index in [1.165, 1.54) is 24.4 Å². The molecule has 0 aliphatic rings. The average Bonchev–Trinajstić information content (AvgIpc) is 2.56. The van der Waals surface area contributed by atoms with Crippen LogP contribution < -0.4 is 5.69 Å². The predicted molar refractivity (Wildman–Crippen MR) is 51.8 cm³/mol. The van der Waals surface area contributed by atoms with E-state index in [0.717, 1.165) is 0 Å². The molecule has 14 heavy (non-hydrogen) atoms. The van der Waals surface area contributed by atoms with Crippen LogP contribution in [0.25, 0.3) is 11.3 Å². The number of benzene rings is 1. The summed E-state index contributed by atoms with van der Waals surface area (Å²) in [5.41, 5.74) is 0.283. The Balaban J connectivity index is 2.61. The third-order valence-corrected chi connectivity index (χ3v) is 2.05. The normalized spacial score (nSPS) is 10.4. The molecule has 0 amide bonds. The number of H-pyrrole nitrogens is 2. The summed E-state index contributed by atoms with van der Waals surface area (Å²) in [6, 6.07) is 4.16.